The first kappa shape index (κ1) is 17.0. The highest BCUT2D eigenvalue weighted by atomic mass is 16.5. The molecule has 0 radical (unpaired) electrons. The average molecular weight is 283 g/mol. The molecule has 1 aliphatic carbocycles. The molecular formula is C16H29NO3. The van der Waals surface area contributed by atoms with Crippen molar-refractivity contribution in [2.24, 2.45) is 11.8 Å². The first-order valence-electron chi connectivity index (χ1n) is 8.01. The summed E-state index contributed by atoms with van der Waals surface area (Å²) in [5.41, 5.74) is 0. The highest BCUT2D eigenvalue weighted by Gasteiger charge is 2.24. The number of carbonyl (C=O) groups excluding carboxylic acids is 2. The van der Waals surface area contributed by atoms with Crippen molar-refractivity contribution in [3.8, 4) is 0 Å². The third-order valence-corrected chi connectivity index (χ3v) is 4.38. The molecule has 4 heteroatoms. The molecule has 0 heterocycles. The summed E-state index contributed by atoms with van der Waals surface area (Å²) >= 11 is 0. The Bertz CT molecular complexity index is 296. The zero-order valence-corrected chi connectivity index (χ0v) is 13.0. The number of hydrogen-bond donors (Lipinski definition) is 1. The Morgan fingerprint density at radius 2 is 1.80 bits per heavy atom. The van der Waals surface area contributed by atoms with E-state index in [1.807, 2.05) is 0 Å². The topological polar surface area (TPSA) is 55.4 Å². The minimum Gasteiger partial charge on any atom is -0.469 e. The predicted octanol–water partition coefficient (Wildman–Crippen LogP) is 3.05. The van der Waals surface area contributed by atoms with Gasteiger partial charge in [-0.1, -0.05) is 19.8 Å². The largest absolute Gasteiger partial charge is 0.469 e. The molecule has 1 fully saturated rings. The first-order chi connectivity index (χ1) is 9.67. The van der Waals surface area contributed by atoms with Crippen LogP contribution in [0.2, 0.25) is 0 Å². The van der Waals surface area contributed by atoms with Gasteiger partial charge in [0.05, 0.1) is 7.11 Å². The van der Waals surface area contributed by atoms with E-state index >= 15 is 0 Å². The van der Waals surface area contributed by atoms with Crippen LogP contribution in [0.5, 0.6) is 0 Å². The van der Waals surface area contributed by atoms with E-state index in [9.17, 15) is 9.59 Å². The van der Waals surface area contributed by atoms with Crippen LogP contribution in [0.4, 0.5) is 0 Å². The van der Waals surface area contributed by atoms with Gasteiger partial charge in [-0.15, -0.1) is 0 Å². The van der Waals surface area contributed by atoms with E-state index in [4.69, 9.17) is 0 Å². The standard InChI is InChI=1S/C16H29NO3/c1-3-13-8-10-14(11-9-13)16(19)17-12-6-4-5-7-15(18)20-2/h13-14H,3-12H2,1-2H3,(H,17,19). The fraction of sp³-hybridized carbons (Fsp3) is 0.875. The van der Waals surface area contributed by atoms with E-state index in [-0.39, 0.29) is 17.8 Å². The maximum atomic E-state index is 12.0. The molecule has 0 bridgehead atoms. The molecule has 116 valence electrons. The van der Waals surface area contributed by atoms with Crippen LogP contribution < -0.4 is 5.32 Å². The number of methoxy groups -OCH3 is 1. The number of carbonyl (C=O) groups is 2. The smallest absolute Gasteiger partial charge is 0.305 e. The number of esters is 1. The van der Waals surface area contributed by atoms with E-state index in [0.717, 1.165) is 44.6 Å². The van der Waals surface area contributed by atoms with E-state index in [1.165, 1.54) is 26.4 Å². The van der Waals surface area contributed by atoms with E-state index in [2.05, 4.69) is 17.0 Å². The number of rotatable bonds is 8. The van der Waals surface area contributed by atoms with Crippen LogP contribution in [0.15, 0.2) is 0 Å². The Hall–Kier alpha value is -1.06. The summed E-state index contributed by atoms with van der Waals surface area (Å²) in [6.07, 6.45) is 8.95. The van der Waals surface area contributed by atoms with Crippen molar-refractivity contribution in [1.29, 1.82) is 0 Å². The summed E-state index contributed by atoms with van der Waals surface area (Å²) in [7, 11) is 1.41. The first-order valence-corrected chi connectivity index (χ1v) is 8.01. The van der Waals surface area contributed by atoms with Gasteiger partial charge in [0, 0.05) is 18.9 Å². The second kappa shape index (κ2) is 9.78. The lowest BCUT2D eigenvalue weighted by molar-refractivity contribution is -0.140. The molecule has 0 aromatic carbocycles. The maximum Gasteiger partial charge on any atom is 0.305 e. The fourth-order valence-corrected chi connectivity index (χ4v) is 2.86. The van der Waals surface area contributed by atoms with Crippen LogP contribution in [0.3, 0.4) is 0 Å². The lowest BCUT2D eigenvalue weighted by Crippen LogP contribution is -2.33. The number of amides is 1. The molecule has 0 aromatic rings. The molecular weight excluding hydrogens is 254 g/mol. The monoisotopic (exact) mass is 283 g/mol. The number of hydrogen-bond acceptors (Lipinski definition) is 3. The van der Waals surface area contributed by atoms with E-state index < -0.39 is 0 Å². The quantitative estimate of drug-likeness (QED) is 0.550. The Morgan fingerprint density at radius 3 is 2.40 bits per heavy atom. The summed E-state index contributed by atoms with van der Waals surface area (Å²) in [6.45, 7) is 2.97. The van der Waals surface area contributed by atoms with Gasteiger partial charge in [0.1, 0.15) is 0 Å². The van der Waals surface area contributed by atoms with Gasteiger partial charge in [0.25, 0.3) is 0 Å². The molecule has 1 saturated carbocycles. The van der Waals surface area contributed by atoms with Crippen LogP contribution in [0.25, 0.3) is 0 Å². The molecule has 4 nitrogen and oxygen atoms in total. The van der Waals surface area contributed by atoms with Gasteiger partial charge in [-0.2, -0.15) is 0 Å². The van der Waals surface area contributed by atoms with Crippen LogP contribution in [-0.2, 0) is 14.3 Å². The van der Waals surface area contributed by atoms with E-state index in [1.54, 1.807) is 0 Å². The molecule has 0 unspecified atom stereocenters. The van der Waals surface area contributed by atoms with Crippen molar-refractivity contribution in [1.82, 2.24) is 5.32 Å². The number of nitrogens with one attached hydrogen (secondary N) is 1. The number of ether oxygens (including phenoxy) is 1. The molecule has 20 heavy (non-hydrogen) atoms. The summed E-state index contributed by atoms with van der Waals surface area (Å²) in [6, 6.07) is 0. The van der Waals surface area contributed by atoms with Crippen molar-refractivity contribution in [2.75, 3.05) is 13.7 Å². The highest BCUT2D eigenvalue weighted by Crippen LogP contribution is 2.30. The molecule has 1 N–H and O–H groups in total. The fourth-order valence-electron chi connectivity index (χ4n) is 2.86. The van der Waals surface area contributed by atoms with Crippen LogP contribution in [0.1, 0.15) is 64.7 Å². The summed E-state index contributed by atoms with van der Waals surface area (Å²) in [5.74, 6) is 1.14. The maximum absolute atomic E-state index is 12.0. The van der Waals surface area contributed by atoms with Gasteiger partial charge in [0.2, 0.25) is 5.91 Å². The van der Waals surface area contributed by atoms with Crippen molar-refractivity contribution in [3.05, 3.63) is 0 Å². The minimum absolute atomic E-state index is 0.151. The molecule has 0 saturated heterocycles. The Kier molecular flexibility index (Phi) is 8.31. The van der Waals surface area contributed by atoms with Gasteiger partial charge < -0.3 is 10.1 Å². The molecule has 1 rings (SSSR count). The van der Waals surface area contributed by atoms with Crippen molar-refractivity contribution < 1.29 is 14.3 Å². The Balaban J connectivity index is 2.02. The van der Waals surface area contributed by atoms with Crippen LogP contribution >= 0.6 is 0 Å². The average Bonchev–Trinajstić information content (AvgIpc) is 2.50. The Morgan fingerprint density at radius 1 is 1.10 bits per heavy atom. The third-order valence-electron chi connectivity index (χ3n) is 4.38. The molecule has 1 aliphatic rings. The summed E-state index contributed by atoms with van der Waals surface area (Å²) in [5, 5.41) is 3.03. The normalized spacial score (nSPS) is 22.3. The second-order valence-electron chi connectivity index (χ2n) is 5.80. The molecule has 0 aliphatic heterocycles. The van der Waals surface area contributed by atoms with Crippen LogP contribution in [-0.4, -0.2) is 25.5 Å². The third kappa shape index (κ3) is 6.40. The van der Waals surface area contributed by atoms with Crippen molar-refractivity contribution in [2.45, 2.75) is 64.7 Å². The van der Waals surface area contributed by atoms with Crippen molar-refractivity contribution >= 4 is 11.9 Å². The molecule has 0 spiro atoms. The lowest BCUT2D eigenvalue weighted by atomic mass is 9.80. The predicted molar refractivity (Wildman–Crippen MR) is 79.2 cm³/mol. The van der Waals surface area contributed by atoms with Crippen LogP contribution in [0, 0.1) is 11.8 Å². The minimum atomic E-state index is -0.151. The SMILES string of the molecule is CCC1CCC(C(=O)NCCCCCC(=O)OC)CC1. The number of unbranched alkanes of at least 4 members (excludes halogenated alkanes) is 2. The van der Waals surface area contributed by atoms with Gasteiger partial charge >= 0.3 is 5.97 Å². The molecule has 1 amide bonds. The Labute approximate surface area is 122 Å². The zero-order valence-electron chi connectivity index (χ0n) is 13.0. The van der Waals surface area contributed by atoms with Gasteiger partial charge in [-0.05, 0) is 44.4 Å². The summed E-state index contributed by atoms with van der Waals surface area (Å²) < 4.78 is 4.58. The van der Waals surface area contributed by atoms with Gasteiger partial charge in [-0.25, -0.2) is 0 Å². The van der Waals surface area contributed by atoms with E-state index in [0.29, 0.717) is 6.42 Å². The lowest BCUT2D eigenvalue weighted by Gasteiger charge is -2.26. The summed E-state index contributed by atoms with van der Waals surface area (Å²) in [4.78, 5) is 22.9. The second-order valence-corrected chi connectivity index (χ2v) is 5.80. The van der Waals surface area contributed by atoms with Gasteiger partial charge in [-0.3, -0.25) is 9.59 Å². The zero-order chi connectivity index (χ0) is 14.8. The molecule has 0 atom stereocenters. The highest BCUT2D eigenvalue weighted by molar-refractivity contribution is 5.78. The molecule has 0 aromatic heterocycles. The van der Waals surface area contributed by atoms with Gasteiger partial charge in [0.15, 0.2) is 0 Å². The van der Waals surface area contributed by atoms with Crippen molar-refractivity contribution in [3.63, 3.8) is 0 Å².